The Morgan fingerprint density at radius 2 is 2.09 bits per heavy atom. The highest BCUT2D eigenvalue weighted by Crippen LogP contribution is 2.16. The summed E-state index contributed by atoms with van der Waals surface area (Å²) in [4.78, 5) is 20.5. The molecule has 1 aromatic carbocycles. The zero-order valence-corrected chi connectivity index (χ0v) is 19.3. The minimum atomic E-state index is -0.0345. The van der Waals surface area contributed by atoms with Crippen LogP contribution in [0.5, 0.6) is 0 Å². The van der Waals surface area contributed by atoms with Gasteiger partial charge in [0.05, 0.1) is 24.9 Å². The normalized spacial score (nSPS) is 15.9. The molecule has 1 fully saturated rings. The van der Waals surface area contributed by atoms with Gasteiger partial charge in [-0.25, -0.2) is 9.67 Å². The van der Waals surface area contributed by atoms with Crippen LogP contribution in [0.2, 0.25) is 0 Å². The SMILES string of the molecule is CC(NC(=NCC(=O)N(C)C)NCCCN1CCOCC1)c1cccc(-n2cccn2)c1. The molecule has 1 amide bonds. The molecule has 1 aliphatic heterocycles. The number of likely N-dealkylation sites (N-methyl/N-ethyl adjacent to an activating group) is 1. The second-order valence-electron chi connectivity index (χ2n) is 8.10. The van der Waals surface area contributed by atoms with Crippen molar-refractivity contribution in [2.24, 2.45) is 4.99 Å². The third-order valence-corrected chi connectivity index (χ3v) is 5.41. The number of aromatic nitrogens is 2. The maximum atomic E-state index is 12.1. The molecule has 1 aliphatic rings. The van der Waals surface area contributed by atoms with Crippen LogP contribution in [0.1, 0.15) is 24.9 Å². The first-order chi connectivity index (χ1) is 15.5. The lowest BCUT2D eigenvalue weighted by molar-refractivity contribution is -0.127. The summed E-state index contributed by atoms with van der Waals surface area (Å²) in [7, 11) is 3.48. The topological polar surface area (TPSA) is 87.0 Å². The Hall–Kier alpha value is -2.91. The van der Waals surface area contributed by atoms with Crippen LogP contribution >= 0.6 is 0 Å². The number of benzene rings is 1. The first kappa shape index (κ1) is 23.7. The summed E-state index contributed by atoms with van der Waals surface area (Å²) in [6.07, 6.45) is 4.68. The summed E-state index contributed by atoms with van der Waals surface area (Å²) >= 11 is 0. The van der Waals surface area contributed by atoms with Crippen LogP contribution in [-0.4, -0.2) is 91.5 Å². The van der Waals surface area contributed by atoms with E-state index in [0.29, 0.717) is 5.96 Å². The van der Waals surface area contributed by atoms with Crippen LogP contribution in [0.4, 0.5) is 0 Å². The lowest BCUT2D eigenvalue weighted by Crippen LogP contribution is -2.42. The molecule has 9 nitrogen and oxygen atoms in total. The first-order valence-corrected chi connectivity index (χ1v) is 11.2. The average molecular weight is 442 g/mol. The molecule has 1 unspecified atom stereocenters. The lowest BCUT2D eigenvalue weighted by Gasteiger charge is -2.26. The Bertz CT molecular complexity index is 861. The van der Waals surface area contributed by atoms with Crippen molar-refractivity contribution in [3.8, 4) is 5.69 Å². The number of hydrogen-bond donors (Lipinski definition) is 2. The molecule has 0 aliphatic carbocycles. The van der Waals surface area contributed by atoms with Gasteiger partial charge in [-0.1, -0.05) is 12.1 Å². The lowest BCUT2D eigenvalue weighted by atomic mass is 10.1. The number of carbonyl (C=O) groups excluding carboxylic acids is 1. The molecule has 0 radical (unpaired) electrons. The molecule has 0 bridgehead atoms. The van der Waals surface area contributed by atoms with Crippen LogP contribution in [-0.2, 0) is 9.53 Å². The first-order valence-electron chi connectivity index (χ1n) is 11.2. The van der Waals surface area contributed by atoms with Crippen LogP contribution in [0.3, 0.4) is 0 Å². The second kappa shape index (κ2) is 12.2. The van der Waals surface area contributed by atoms with E-state index >= 15 is 0 Å². The van der Waals surface area contributed by atoms with Gasteiger partial charge in [0.25, 0.3) is 0 Å². The molecule has 2 aromatic rings. The van der Waals surface area contributed by atoms with E-state index in [-0.39, 0.29) is 18.5 Å². The van der Waals surface area contributed by atoms with Crippen LogP contribution < -0.4 is 10.6 Å². The Kier molecular flexibility index (Phi) is 9.06. The minimum Gasteiger partial charge on any atom is -0.379 e. The zero-order chi connectivity index (χ0) is 22.8. The van der Waals surface area contributed by atoms with E-state index in [1.165, 1.54) is 0 Å². The summed E-state index contributed by atoms with van der Waals surface area (Å²) in [6.45, 7) is 7.57. The Morgan fingerprint density at radius 1 is 1.28 bits per heavy atom. The Labute approximate surface area is 190 Å². The van der Waals surface area contributed by atoms with Crippen molar-refractivity contribution in [2.45, 2.75) is 19.4 Å². The predicted molar refractivity (Wildman–Crippen MR) is 126 cm³/mol. The Balaban J connectivity index is 1.59. The van der Waals surface area contributed by atoms with Crippen molar-refractivity contribution >= 4 is 11.9 Å². The number of amides is 1. The number of morpholine rings is 1. The number of rotatable bonds is 9. The van der Waals surface area contributed by atoms with Gasteiger partial charge in [0.2, 0.25) is 5.91 Å². The third kappa shape index (κ3) is 7.35. The molecule has 0 saturated carbocycles. The van der Waals surface area contributed by atoms with Gasteiger partial charge in [-0.05, 0) is 43.7 Å². The maximum absolute atomic E-state index is 12.1. The molecule has 2 heterocycles. The van der Waals surface area contributed by atoms with Gasteiger partial charge in [0, 0.05) is 46.1 Å². The van der Waals surface area contributed by atoms with Gasteiger partial charge in [0.15, 0.2) is 5.96 Å². The molecule has 9 heteroatoms. The highest BCUT2D eigenvalue weighted by molar-refractivity contribution is 5.85. The van der Waals surface area contributed by atoms with Gasteiger partial charge >= 0.3 is 0 Å². The standard InChI is InChI=1S/C23H35N7O2/c1-19(20-7-4-8-21(17-20)30-12-6-10-26-30)27-23(25-18-22(31)28(2)3)24-9-5-11-29-13-15-32-16-14-29/h4,6-8,10,12,17,19H,5,9,11,13-16,18H2,1-3H3,(H2,24,25,27). The van der Waals surface area contributed by atoms with Crippen molar-refractivity contribution in [2.75, 3.05) is 60.0 Å². The molecular formula is C23H35N7O2. The number of nitrogens with one attached hydrogen (secondary N) is 2. The van der Waals surface area contributed by atoms with E-state index in [9.17, 15) is 4.79 Å². The quantitative estimate of drug-likeness (QED) is 0.346. The fourth-order valence-corrected chi connectivity index (χ4v) is 3.42. The summed E-state index contributed by atoms with van der Waals surface area (Å²) < 4.78 is 7.25. The van der Waals surface area contributed by atoms with E-state index in [1.54, 1.807) is 25.2 Å². The van der Waals surface area contributed by atoms with E-state index in [1.807, 2.05) is 29.1 Å². The maximum Gasteiger partial charge on any atom is 0.243 e. The zero-order valence-electron chi connectivity index (χ0n) is 19.3. The van der Waals surface area contributed by atoms with Crippen molar-refractivity contribution in [1.82, 2.24) is 30.2 Å². The molecule has 0 spiro atoms. The van der Waals surface area contributed by atoms with Crippen molar-refractivity contribution < 1.29 is 9.53 Å². The summed E-state index contributed by atoms with van der Waals surface area (Å²) in [5, 5.41) is 11.1. The molecule has 2 N–H and O–H groups in total. The molecule has 174 valence electrons. The predicted octanol–water partition coefficient (Wildman–Crippen LogP) is 1.28. The van der Waals surface area contributed by atoms with Crippen LogP contribution in [0.25, 0.3) is 5.69 Å². The largest absolute Gasteiger partial charge is 0.379 e. The smallest absolute Gasteiger partial charge is 0.243 e. The molecular weight excluding hydrogens is 406 g/mol. The fraction of sp³-hybridized carbons (Fsp3) is 0.522. The van der Waals surface area contributed by atoms with Crippen LogP contribution in [0, 0.1) is 0 Å². The fourth-order valence-electron chi connectivity index (χ4n) is 3.42. The van der Waals surface area contributed by atoms with E-state index in [0.717, 1.165) is 57.1 Å². The monoisotopic (exact) mass is 441 g/mol. The van der Waals surface area contributed by atoms with Gasteiger partial charge in [-0.2, -0.15) is 5.10 Å². The number of ether oxygens (including phenoxy) is 1. The van der Waals surface area contributed by atoms with Crippen LogP contribution in [0.15, 0.2) is 47.7 Å². The van der Waals surface area contributed by atoms with Gasteiger partial charge in [-0.15, -0.1) is 0 Å². The second-order valence-corrected chi connectivity index (χ2v) is 8.10. The molecule has 1 aromatic heterocycles. The van der Waals surface area contributed by atoms with Crippen molar-refractivity contribution in [1.29, 1.82) is 0 Å². The van der Waals surface area contributed by atoms with Gasteiger partial charge in [-0.3, -0.25) is 9.69 Å². The summed E-state index contributed by atoms with van der Waals surface area (Å²) in [5.74, 6) is 0.604. The number of aliphatic imine (C=N–C) groups is 1. The van der Waals surface area contributed by atoms with E-state index in [2.05, 4.69) is 44.7 Å². The molecule has 3 rings (SSSR count). The number of guanidine groups is 1. The van der Waals surface area contributed by atoms with E-state index in [4.69, 9.17) is 4.74 Å². The van der Waals surface area contributed by atoms with E-state index < -0.39 is 0 Å². The van der Waals surface area contributed by atoms with Gasteiger partial charge in [0.1, 0.15) is 6.54 Å². The minimum absolute atomic E-state index is 0.00506. The highest BCUT2D eigenvalue weighted by atomic mass is 16.5. The average Bonchev–Trinajstić information content (AvgIpc) is 3.35. The third-order valence-electron chi connectivity index (χ3n) is 5.41. The van der Waals surface area contributed by atoms with Crippen molar-refractivity contribution in [3.63, 3.8) is 0 Å². The number of nitrogens with zero attached hydrogens (tertiary/aromatic N) is 5. The van der Waals surface area contributed by atoms with Crippen molar-refractivity contribution in [3.05, 3.63) is 48.3 Å². The number of carbonyl (C=O) groups is 1. The molecule has 32 heavy (non-hydrogen) atoms. The number of hydrogen-bond acceptors (Lipinski definition) is 5. The summed E-state index contributed by atoms with van der Waals surface area (Å²) in [5.41, 5.74) is 2.11. The Morgan fingerprint density at radius 3 is 2.81 bits per heavy atom. The molecule has 1 saturated heterocycles. The molecule has 1 atom stereocenters. The van der Waals surface area contributed by atoms with Gasteiger partial charge < -0.3 is 20.3 Å². The highest BCUT2D eigenvalue weighted by Gasteiger charge is 2.12. The summed E-state index contributed by atoms with van der Waals surface area (Å²) in [6, 6.07) is 10.1.